The third-order valence-electron chi connectivity index (χ3n) is 4.91. The van der Waals surface area contributed by atoms with E-state index >= 15 is 0 Å². The molecule has 0 spiro atoms. The number of anilines is 2. The summed E-state index contributed by atoms with van der Waals surface area (Å²) in [6.07, 6.45) is 2.96. The molecule has 2 heterocycles. The minimum atomic E-state index is 0.802. The second-order valence-corrected chi connectivity index (χ2v) is 7.56. The van der Waals surface area contributed by atoms with Crippen molar-refractivity contribution >= 4 is 23.3 Å². The number of aromatic nitrogens is 2. The van der Waals surface area contributed by atoms with Crippen LogP contribution in [0.5, 0.6) is 5.75 Å². The number of thioether (sulfide) groups is 1. The first kappa shape index (κ1) is 18.8. The molecular weight excluding hydrogens is 368 g/mol. The second kappa shape index (κ2) is 8.63. The lowest BCUT2D eigenvalue weighted by Gasteiger charge is -2.29. The van der Waals surface area contributed by atoms with Gasteiger partial charge in [0.1, 0.15) is 11.6 Å². The van der Waals surface area contributed by atoms with Crippen LogP contribution in [0.4, 0.5) is 11.5 Å². The highest BCUT2D eigenvalue weighted by Crippen LogP contribution is 2.29. The maximum atomic E-state index is 5.24. The fourth-order valence-corrected chi connectivity index (χ4v) is 3.83. The van der Waals surface area contributed by atoms with E-state index in [1.165, 1.54) is 11.1 Å². The molecule has 5 nitrogen and oxygen atoms in total. The highest BCUT2D eigenvalue weighted by Gasteiger charge is 2.22. The van der Waals surface area contributed by atoms with Crippen LogP contribution in [0.2, 0.25) is 0 Å². The van der Waals surface area contributed by atoms with E-state index in [0.717, 1.165) is 54.2 Å². The molecule has 3 aromatic rings. The Kier molecular flexibility index (Phi) is 5.78. The molecule has 0 atom stereocenters. The molecule has 0 bridgehead atoms. The minimum absolute atomic E-state index is 0.802. The topological polar surface area (TPSA) is 50.3 Å². The SMILES string of the molecule is COc1ccc(Nc2nc(SC)nc3c2CCN(Cc2ccccc2)C3)cc1. The van der Waals surface area contributed by atoms with Crippen LogP contribution >= 0.6 is 11.8 Å². The molecule has 1 N–H and O–H groups in total. The molecule has 0 unspecified atom stereocenters. The Bertz CT molecular complexity index is 931. The Hall–Kier alpha value is -2.57. The van der Waals surface area contributed by atoms with Crippen molar-refractivity contribution in [1.82, 2.24) is 14.9 Å². The second-order valence-electron chi connectivity index (χ2n) is 6.78. The number of benzene rings is 2. The van der Waals surface area contributed by atoms with Gasteiger partial charge in [0, 0.05) is 30.9 Å². The molecule has 1 aliphatic rings. The molecule has 1 aliphatic heterocycles. The molecule has 0 aliphatic carbocycles. The van der Waals surface area contributed by atoms with Gasteiger partial charge < -0.3 is 10.1 Å². The maximum absolute atomic E-state index is 5.24. The average Bonchev–Trinajstić information content (AvgIpc) is 2.74. The fourth-order valence-electron chi connectivity index (χ4n) is 3.44. The van der Waals surface area contributed by atoms with E-state index in [-0.39, 0.29) is 0 Å². The highest BCUT2D eigenvalue weighted by molar-refractivity contribution is 7.98. The molecule has 144 valence electrons. The number of methoxy groups -OCH3 is 1. The van der Waals surface area contributed by atoms with Crippen LogP contribution in [-0.4, -0.2) is 34.8 Å². The number of fused-ring (bicyclic) bond motifs is 1. The molecular formula is C22H24N4OS. The summed E-state index contributed by atoms with van der Waals surface area (Å²) in [5.41, 5.74) is 4.68. The number of hydrogen-bond acceptors (Lipinski definition) is 6. The summed E-state index contributed by atoms with van der Waals surface area (Å²) in [5.74, 6) is 1.76. The summed E-state index contributed by atoms with van der Waals surface area (Å²) in [6, 6.07) is 18.5. The molecule has 28 heavy (non-hydrogen) atoms. The Morgan fingerprint density at radius 2 is 1.86 bits per heavy atom. The number of ether oxygens (including phenoxy) is 1. The molecule has 1 aromatic heterocycles. The van der Waals surface area contributed by atoms with E-state index in [0.29, 0.717) is 0 Å². The van der Waals surface area contributed by atoms with Gasteiger partial charge in [-0.3, -0.25) is 4.90 Å². The zero-order valence-electron chi connectivity index (χ0n) is 16.2. The normalized spacial score (nSPS) is 13.8. The van der Waals surface area contributed by atoms with Crippen LogP contribution in [0.1, 0.15) is 16.8 Å². The van der Waals surface area contributed by atoms with Crippen LogP contribution in [0, 0.1) is 0 Å². The summed E-state index contributed by atoms with van der Waals surface area (Å²) in [4.78, 5) is 12.0. The van der Waals surface area contributed by atoms with Crippen LogP contribution in [0.25, 0.3) is 0 Å². The predicted molar refractivity (Wildman–Crippen MR) is 114 cm³/mol. The van der Waals surface area contributed by atoms with Gasteiger partial charge in [-0.2, -0.15) is 0 Å². The van der Waals surface area contributed by atoms with E-state index in [2.05, 4.69) is 40.5 Å². The molecule has 0 radical (unpaired) electrons. The van der Waals surface area contributed by atoms with Crippen LogP contribution in [0.3, 0.4) is 0 Å². The molecule has 0 saturated heterocycles. The van der Waals surface area contributed by atoms with Crippen LogP contribution < -0.4 is 10.1 Å². The van der Waals surface area contributed by atoms with Crippen molar-refractivity contribution < 1.29 is 4.74 Å². The number of rotatable bonds is 6. The summed E-state index contributed by atoms with van der Waals surface area (Å²) < 4.78 is 5.24. The van der Waals surface area contributed by atoms with E-state index in [4.69, 9.17) is 14.7 Å². The molecule has 0 amide bonds. The molecule has 0 fully saturated rings. The van der Waals surface area contributed by atoms with Gasteiger partial charge in [0.05, 0.1) is 12.8 Å². The Labute approximate surface area is 170 Å². The third-order valence-corrected chi connectivity index (χ3v) is 5.46. The summed E-state index contributed by atoms with van der Waals surface area (Å²) in [7, 11) is 1.68. The number of hydrogen-bond donors (Lipinski definition) is 1. The minimum Gasteiger partial charge on any atom is -0.497 e. The quantitative estimate of drug-likeness (QED) is 0.492. The van der Waals surface area contributed by atoms with Gasteiger partial charge in [0.15, 0.2) is 5.16 Å². The first-order valence-corrected chi connectivity index (χ1v) is 10.6. The van der Waals surface area contributed by atoms with Crippen molar-refractivity contribution in [2.75, 3.05) is 25.2 Å². The van der Waals surface area contributed by atoms with E-state index in [1.54, 1.807) is 18.9 Å². The van der Waals surface area contributed by atoms with Crippen molar-refractivity contribution in [3.63, 3.8) is 0 Å². The van der Waals surface area contributed by atoms with Gasteiger partial charge >= 0.3 is 0 Å². The Morgan fingerprint density at radius 3 is 2.57 bits per heavy atom. The maximum Gasteiger partial charge on any atom is 0.189 e. The molecule has 6 heteroatoms. The van der Waals surface area contributed by atoms with Crippen molar-refractivity contribution in [2.24, 2.45) is 0 Å². The van der Waals surface area contributed by atoms with Crippen molar-refractivity contribution in [1.29, 1.82) is 0 Å². The van der Waals surface area contributed by atoms with E-state index in [1.807, 2.05) is 30.5 Å². The lowest BCUT2D eigenvalue weighted by atomic mass is 10.0. The summed E-state index contributed by atoms with van der Waals surface area (Å²) in [5, 5.41) is 4.29. The number of nitrogens with zero attached hydrogens (tertiary/aromatic N) is 3. The van der Waals surface area contributed by atoms with Gasteiger partial charge in [-0.05, 0) is 42.5 Å². The monoisotopic (exact) mass is 392 g/mol. The van der Waals surface area contributed by atoms with Gasteiger partial charge in [-0.1, -0.05) is 42.1 Å². The Morgan fingerprint density at radius 1 is 1.07 bits per heavy atom. The fraction of sp³-hybridized carbons (Fsp3) is 0.273. The number of nitrogens with one attached hydrogen (secondary N) is 1. The van der Waals surface area contributed by atoms with Gasteiger partial charge in [-0.25, -0.2) is 9.97 Å². The highest BCUT2D eigenvalue weighted by atomic mass is 32.2. The third kappa shape index (κ3) is 4.29. The van der Waals surface area contributed by atoms with Gasteiger partial charge in [0.2, 0.25) is 0 Å². The first-order chi connectivity index (χ1) is 13.7. The average molecular weight is 393 g/mol. The van der Waals surface area contributed by atoms with Crippen LogP contribution in [0.15, 0.2) is 59.8 Å². The first-order valence-electron chi connectivity index (χ1n) is 9.36. The lowest BCUT2D eigenvalue weighted by molar-refractivity contribution is 0.240. The predicted octanol–water partition coefficient (Wildman–Crippen LogP) is 4.51. The van der Waals surface area contributed by atoms with Crippen LogP contribution in [-0.2, 0) is 19.5 Å². The van der Waals surface area contributed by atoms with Crippen molar-refractivity contribution in [3.8, 4) is 5.75 Å². The standard InChI is InChI=1S/C22H24N4OS/c1-27-18-10-8-17(9-11-18)23-21-19-12-13-26(14-16-6-4-3-5-7-16)15-20(19)24-22(25-21)28-2/h3-11H,12-15H2,1-2H3,(H,23,24,25). The van der Waals surface area contributed by atoms with E-state index < -0.39 is 0 Å². The van der Waals surface area contributed by atoms with Crippen molar-refractivity contribution in [2.45, 2.75) is 24.7 Å². The molecule has 2 aromatic carbocycles. The van der Waals surface area contributed by atoms with E-state index in [9.17, 15) is 0 Å². The lowest BCUT2D eigenvalue weighted by Crippen LogP contribution is -2.31. The zero-order valence-corrected chi connectivity index (χ0v) is 17.0. The molecule has 0 saturated carbocycles. The Balaban J connectivity index is 1.57. The zero-order chi connectivity index (χ0) is 19.3. The largest absolute Gasteiger partial charge is 0.497 e. The summed E-state index contributed by atoms with van der Waals surface area (Å²) in [6.45, 7) is 2.79. The van der Waals surface area contributed by atoms with Crippen molar-refractivity contribution in [3.05, 3.63) is 71.4 Å². The van der Waals surface area contributed by atoms with Gasteiger partial charge in [-0.15, -0.1) is 0 Å². The summed E-state index contributed by atoms with van der Waals surface area (Å²) >= 11 is 1.58. The molecule has 4 rings (SSSR count). The van der Waals surface area contributed by atoms with Gasteiger partial charge in [0.25, 0.3) is 0 Å². The smallest absolute Gasteiger partial charge is 0.189 e.